The van der Waals surface area contributed by atoms with E-state index in [-0.39, 0.29) is 34.6 Å². The number of hydrogen-bond donors (Lipinski definition) is 2. The van der Waals surface area contributed by atoms with Crippen LogP contribution in [0.2, 0.25) is 0 Å². The van der Waals surface area contributed by atoms with Gasteiger partial charge in [0.2, 0.25) is 0 Å². The van der Waals surface area contributed by atoms with E-state index in [1.165, 1.54) is 36.4 Å². The molecule has 2 unspecified atom stereocenters. The molecule has 3 atom stereocenters. The highest BCUT2D eigenvalue weighted by atomic mass is 32.2. The van der Waals surface area contributed by atoms with Gasteiger partial charge in [0.15, 0.2) is 15.6 Å². The van der Waals surface area contributed by atoms with Crippen LogP contribution in [-0.2, 0) is 35.0 Å². The fourth-order valence-electron chi connectivity index (χ4n) is 4.45. The maximum absolute atomic E-state index is 13.7. The summed E-state index contributed by atoms with van der Waals surface area (Å²) in [5.41, 5.74) is 1.23. The number of benzene rings is 3. The molecule has 3 rings (SSSR count). The molecule has 0 saturated heterocycles. The van der Waals surface area contributed by atoms with Crippen LogP contribution in [0, 0.1) is 19.8 Å². The molecule has 0 radical (unpaired) electrons. The van der Waals surface area contributed by atoms with Crippen molar-refractivity contribution in [2.45, 2.75) is 68.9 Å². The lowest BCUT2D eigenvalue weighted by atomic mass is 9.99. The topological polar surface area (TPSA) is 161 Å². The molecule has 0 saturated carbocycles. The minimum absolute atomic E-state index is 0.0451. The number of carbonyl (C=O) groups is 4. The molecular weight excluding hydrogens is 631 g/mol. The molecule has 0 bridgehead atoms. The zero-order valence-corrected chi connectivity index (χ0v) is 28.1. The van der Waals surface area contributed by atoms with E-state index in [1.807, 2.05) is 13.8 Å². The number of sulfone groups is 1. The van der Waals surface area contributed by atoms with Gasteiger partial charge in [-0.2, -0.15) is 0 Å². The van der Waals surface area contributed by atoms with Crippen molar-refractivity contribution in [1.29, 1.82) is 0 Å². The second-order valence-corrected chi connectivity index (χ2v) is 15.6. The van der Waals surface area contributed by atoms with Crippen molar-refractivity contribution in [2.75, 3.05) is 11.5 Å². The number of rotatable bonds is 14. The molecule has 2 N–H and O–H groups in total. The van der Waals surface area contributed by atoms with E-state index < -0.39 is 67.6 Å². The first-order valence-electron chi connectivity index (χ1n) is 14.6. The number of amides is 1. The van der Waals surface area contributed by atoms with Crippen LogP contribution in [0.5, 0.6) is 0 Å². The minimum atomic E-state index is -3.94. The van der Waals surface area contributed by atoms with Gasteiger partial charge in [-0.3, -0.25) is 18.6 Å². The lowest BCUT2D eigenvalue weighted by molar-refractivity contribution is -0.155. The van der Waals surface area contributed by atoms with Crippen LogP contribution in [0.1, 0.15) is 65.5 Å². The van der Waals surface area contributed by atoms with Gasteiger partial charge in [-0.05, 0) is 77.4 Å². The lowest BCUT2D eigenvalue weighted by Crippen LogP contribution is -2.41. The number of hydrogen-bond acceptors (Lipinski definition) is 8. The predicted octanol–water partition coefficient (Wildman–Crippen LogP) is 4.69. The van der Waals surface area contributed by atoms with Crippen LogP contribution in [0.4, 0.5) is 0 Å². The minimum Gasteiger partial charge on any atom is -0.480 e. The highest BCUT2D eigenvalue weighted by Crippen LogP contribution is 2.22. The van der Waals surface area contributed by atoms with Gasteiger partial charge in [0, 0.05) is 34.1 Å². The van der Waals surface area contributed by atoms with Gasteiger partial charge in [-0.15, -0.1) is 0 Å². The predicted molar refractivity (Wildman–Crippen MR) is 174 cm³/mol. The van der Waals surface area contributed by atoms with Crippen molar-refractivity contribution in [2.24, 2.45) is 5.92 Å². The van der Waals surface area contributed by atoms with Gasteiger partial charge in [0.05, 0.1) is 21.4 Å². The van der Waals surface area contributed by atoms with Crippen LogP contribution >= 0.6 is 0 Å². The Hall–Kier alpha value is -4.16. The molecule has 46 heavy (non-hydrogen) atoms. The number of aliphatic carboxylic acids is 1. The van der Waals surface area contributed by atoms with E-state index in [9.17, 15) is 36.9 Å². The number of Topliss-reactive ketones (excluding diaryl/α,β-unsaturated/α-hetero) is 1. The maximum atomic E-state index is 13.7. The number of carboxylic acid groups (broad SMARTS) is 1. The van der Waals surface area contributed by atoms with E-state index >= 15 is 0 Å². The smallest absolute Gasteiger partial charge is 0.326 e. The Kier molecular flexibility index (Phi) is 12.2. The van der Waals surface area contributed by atoms with Crippen LogP contribution in [-0.4, -0.2) is 64.5 Å². The van der Waals surface area contributed by atoms with Gasteiger partial charge >= 0.3 is 11.9 Å². The number of carboxylic acids is 1. The zero-order chi connectivity index (χ0) is 34.2. The average molecular weight is 670 g/mol. The highest BCUT2D eigenvalue weighted by molar-refractivity contribution is 7.91. The van der Waals surface area contributed by atoms with E-state index in [1.54, 1.807) is 57.2 Å². The van der Waals surface area contributed by atoms with Gasteiger partial charge < -0.3 is 15.2 Å². The molecule has 0 spiro atoms. The lowest BCUT2D eigenvalue weighted by Gasteiger charge is -2.20. The van der Waals surface area contributed by atoms with Crippen molar-refractivity contribution in [3.05, 3.63) is 95.1 Å². The molecule has 0 aliphatic rings. The maximum Gasteiger partial charge on any atom is 0.326 e. The van der Waals surface area contributed by atoms with Crippen molar-refractivity contribution >= 4 is 44.3 Å². The van der Waals surface area contributed by atoms with Crippen LogP contribution in [0.25, 0.3) is 0 Å². The number of aryl methyl sites for hydroxylation is 2. The molecule has 0 heterocycles. The largest absolute Gasteiger partial charge is 0.480 e. The molecule has 0 aromatic heterocycles. The molecule has 12 heteroatoms. The Balaban J connectivity index is 1.79. The highest BCUT2D eigenvalue weighted by Gasteiger charge is 2.30. The summed E-state index contributed by atoms with van der Waals surface area (Å²) in [6.07, 6.45) is -0.416. The zero-order valence-electron chi connectivity index (χ0n) is 26.4. The molecule has 1 amide bonds. The summed E-state index contributed by atoms with van der Waals surface area (Å²) >= 11 is 0. The van der Waals surface area contributed by atoms with E-state index in [2.05, 4.69) is 5.32 Å². The summed E-state index contributed by atoms with van der Waals surface area (Å²) in [5, 5.41) is 11.9. The standard InChI is InChI=1S/C34H39NO9S2/c1-22-6-14-27(15-7-22)45(41)20-26(21-46(42,43)28-16-8-23(2)9-17-28)31(37)24-10-12-25(13-11-24)32(38)35-29(33(39)40)18-19-30(36)44-34(3,4)5/h6-17,26,29H,18-21H2,1-5H3,(H,35,38)(H,39,40)/t26?,29-,45?/m0/s1. The third-order valence-electron chi connectivity index (χ3n) is 6.90. The fourth-order valence-corrected chi connectivity index (χ4v) is 7.41. The first kappa shape index (κ1) is 36.3. The number of ether oxygens (including phenoxy) is 1. The summed E-state index contributed by atoms with van der Waals surface area (Å²) in [6.45, 7) is 8.76. The fraction of sp³-hybridized carbons (Fsp3) is 0.353. The molecular formula is C34H39NO9S2. The van der Waals surface area contributed by atoms with Gasteiger partial charge in [-0.25, -0.2) is 13.2 Å². The normalized spacial score (nSPS) is 13.7. The molecule has 3 aromatic carbocycles. The first-order chi connectivity index (χ1) is 21.4. The Morgan fingerprint density at radius 3 is 1.89 bits per heavy atom. The van der Waals surface area contributed by atoms with Gasteiger partial charge in [-0.1, -0.05) is 47.5 Å². The summed E-state index contributed by atoms with van der Waals surface area (Å²) in [5.74, 6) is -5.23. The van der Waals surface area contributed by atoms with Crippen LogP contribution in [0.3, 0.4) is 0 Å². The summed E-state index contributed by atoms with van der Waals surface area (Å²) in [4.78, 5) is 50.8. The molecule has 0 aliphatic heterocycles. The number of esters is 1. The summed E-state index contributed by atoms with van der Waals surface area (Å²) < 4.78 is 45.1. The third-order valence-corrected chi connectivity index (χ3v) is 10.2. The third kappa shape index (κ3) is 10.7. The molecule has 10 nitrogen and oxygen atoms in total. The Bertz CT molecular complexity index is 1690. The van der Waals surface area contributed by atoms with Gasteiger partial charge in [0.25, 0.3) is 5.91 Å². The molecule has 0 aliphatic carbocycles. The summed E-state index contributed by atoms with van der Waals surface area (Å²) in [6, 6.07) is 17.1. The van der Waals surface area contributed by atoms with Crippen molar-refractivity contribution in [1.82, 2.24) is 5.32 Å². The SMILES string of the molecule is Cc1ccc(S(=O)CC(CS(=O)(=O)c2ccc(C)cc2)C(=O)c2ccc(C(=O)N[C@@H](CCC(=O)OC(C)(C)C)C(=O)O)cc2)cc1. The second-order valence-electron chi connectivity index (χ2n) is 12.0. The first-order valence-corrected chi connectivity index (χ1v) is 17.6. The van der Waals surface area contributed by atoms with Crippen molar-refractivity contribution < 1.29 is 41.6 Å². The van der Waals surface area contributed by atoms with Crippen molar-refractivity contribution in [3.8, 4) is 0 Å². The number of carbonyl (C=O) groups excluding carboxylic acids is 3. The van der Waals surface area contributed by atoms with E-state index in [0.717, 1.165) is 11.1 Å². The number of nitrogens with one attached hydrogen (secondary N) is 1. The number of ketones is 1. The Labute approximate surface area is 271 Å². The summed E-state index contributed by atoms with van der Waals surface area (Å²) in [7, 11) is -5.62. The quantitative estimate of drug-likeness (QED) is 0.183. The van der Waals surface area contributed by atoms with Crippen LogP contribution < -0.4 is 5.32 Å². The monoisotopic (exact) mass is 669 g/mol. The van der Waals surface area contributed by atoms with E-state index in [0.29, 0.717) is 4.90 Å². The molecule has 0 fully saturated rings. The van der Waals surface area contributed by atoms with Crippen LogP contribution in [0.15, 0.2) is 82.6 Å². The Morgan fingerprint density at radius 2 is 1.37 bits per heavy atom. The molecule has 3 aromatic rings. The average Bonchev–Trinajstić information content (AvgIpc) is 2.98. The Morgan fingerprint density at radius 1 is 0.848 bits per heavy atom. The van der Waals surface area contributed by atoms with E-state index in [4.69, 9.17) is 4.74 Å². The van der Waals surface area contributed by atoms with Crippen molar-refractivity contribution in [3.63, 3.8) is 0 Å². The van der Waals surface area contributed by atoms with Gasteiger partial charge in [0.1, 0.15) is 11.6 Å². The second kappa shape index (κ2) is 15.4. The molecule has 246 valence electrons.